The van der Waals surface area contributed by atoms with Crippen LogP contribution in [0.1, 0.15) is 27.8 Å². The average Bonchev–Trinajstić information content (AvgIpc) is 3.14. The van der Waals surface area contributed by atoms with Gasteiger partial charge in [-0.2, -0.15) is 8.78 Å². The minimum atomic E-state index is -3.00. The third-order valence-corrected chi connectivity index (χ3v) is 4.11. The summed E-state index contributed by atoms with van der Waals surface area (Å²) in [4.78, 5) is 23.7. The predicted octanol–water partition coefficient (Wildman–Crippen LogP) is 5.66. The van der Waals surface area contributed by atoms with Crippen molar-refractivity contribution >= 4 is 29.0 Å². The molecule has 0 aliphatic carbocycles. The number of Topliss-reactive ketones (excluding diaryl/α,β-unsaturated/α-hetero) is 1. The van der Waals surface area contributed by atoms with E-state index in [-0.39, 0.29) is 22.3 Å². The highest BCUT2D eigenvalue weighted by Gasteiger charge is 2.15. The number of halogens is 3. The molecule has 0 aliphatic rings. The molecule has 5 nitrogen and oxygen atoms in total. The summed E-state index contributed by atoms with van der Waals surface area (Å²) in [5.74, 6) is -0.266. The summed E-state index contributed by atoms with van der Waals surface area (Å²) in [6.07, 6.45) is 0. The lowest BCUT2D eigenvalue weighted by molar-refractivity contribution is -0.0497. The zero-order valence-corrected chi connectivity index (χ0v) is 15.3. The van der Waals surface area contributed by atoms with Gasteiger partial charge in [0.1, 0.15) is 11.5 Å². The van der Waals surface area contributed by atoms with E-state index in [1.807, 2.05) is 0 Å². The average molecular weight is 406 g/mol. The number of hydrogen-bond donors (Lipinski definition) is 1. The first-order chi connectivity index (χ1) is 13.3. The lowest BCUT2D eigenvalue weighted by Crippen LogP contribution is -2.11. The SMILES string of the molecule is CC(=O)c1ccc(-c2ccc(C(=O)Nc3ccc(OC(F)F)c(Cl)c3)o2)cc1. The van der Waals surface area contributed by atoms with Crippen LogP contribution < -0.4 is 10.1 Å². The number of amides is 1. The van der Waals surface area contributed by atoms with Gasteiger partial charge in [-0.1, -0.05) is 35.9 Å². The second kappa shape index (κ2) is 8.22. The van der Waals surface area contributed by atoms with Crippen molar-refractivity contribution in [3.63, 3.8) is 0 Å². The first-order valence-electron chi connectivity index (χ1n) is 8.10. The van der Waals surface area contributed by atoms with E-state index in [1.54, 1.807) is 30.3 Å². The zero-order valence-electron chi connectivity index (χ0n) is 14.5. The Balaban J connectivity index is 1.72. The third kappa shape index (κ3) is 4.55. The summed E-state index contributed by atoms with van der Waals surface area (Å²) in [6, 6.07) is 13.8. The molecule has 0 saturated heterocycles. The summed E-state index contributed by atoms with van der Waals surface area (Å²) in [5.41, 5.74) is 1.57. The second-order valence-electron chi connectivity index (χ2n) is 5.78. The van der Waals surface area contributed by atoms with E-state index < -0.39 is 12.5 Å². The predicted molar refractivity (Wildman–Crippen MR) is 100 cm³/mol. The van der Waals surface area contributed by atoms with Crippen LogP contribution in [0.4, 0.5) is 14.5 Å². The number of benzene rings is 2. The molecule has 0 bridgehead atoms. The van der Waals surface area contributed by atoms with Gasteiger partial charge in [-0.3, -0.25) is 9.59 Å². The number of ether oxygens (including phenoxy) is 1. The number of carbonyl (C=O) groups excluding carboxylic acids is 2. The summed E-state index contributed by atoms with van der Waals surface area (Å²) in [7, 11) is 0. The number of nitrogens with one attached hydrogen (secondary N) is 1. The number of alkyl halides is 2. The van der Waals surface area contributed by atoms with Crippen LogP contribution >= 0.6 is 11.6 Å². The van der Waals surface area contributed by atoms with Gasteiger partial charge < -0.3 is 14.5 Å². The Bertz CT molecular complexity index is 1020. The van der Waals surface area contributed by atoms with Crippen molar-refractivity contribution in [2.45, 2.75) is 13.5 Å². The van der Waals surface area contributed by atoms with E-state index >= 15 is 0 Å². The standard InChI is InChI=1S/C20H14ClF2NO4/c1-11(25)12-2-4-13(5-3-12)16-8-9-18(27-16)19(26)24-14-6-7-17(15(21)10-14)28-20(22)23/h2-10,20H,1H3,(H,24,26). The molecule has 0 aliphatic heterocycles. The number of hydrogen-bond acceptors (Lipinski definition) is 4. The molecule has 8 heteroatoms. The van der Waals surface area contributed by atoms with Gasteiger partial charge in [0.15, 0.2) is 11.5 Å². The van der Waals surface area contributed by atoms with Gasteiger partial charge in [0, 0.05) is 16.8 Å². The first-order valence-corrected chi connectivity index (χ1v) is 8.48. The van der Waals surface area contributed by atoms with E-state index in [1.165, 1.54) is 31.2 Å². The Morgan fingerprint density at radius 1 is 1.07 bits per heavy atom. The highest BCUT2D eigenvalue weighted by molar-refractivity contribution is 6.32. The van der Waals surface area contributed by atoms with Crippen molar-refractivity contribution < 1.29 is 27.5 Å². The number of anilines is 1. The largest absolute Gasteiger partial charge is 0.451 e. The van der Waals surface area contributed by atoms with Gasteiger partial charge in [0.2, 0.25) is 0 Å². The quantitative estimate of drug-likeness (QED) is 0.537. The topological polar surface area (TPSA) is 68.5 Å². The van der Waals surface area contributed by atoms with Gasteiger partial charge in [0.05, 0.1) is 5.02 Å². The molecule has 0 unspecified atom stereocenters. The van der Waals surface area contributed by atoms with Crippen LogP contribution in [0.25, 0.3) is 11.3 Å². The van der Waals surface area contributed by atoms with Crippen LogP contribution in [-0.2, 0) is 0 Å². The lowest BCUT2D eigenvalue weighted by Gasteiger charge is -2.09. The molecule has 28 heavy (non-hydrogen) atoms. The van der Waals surface area contributed by atoms with Crippen molar-refractivity contribution in [3.05, 3.63) is 70.9 Å². The van der Waals surface area contributed by atoms with E-state index in [2.05, 4.69) is 10.1 Å². The molecule has 3 rings (SSSR count). The van der Waals surface area contributed by atoms with E-state index in [0.717, 1.165) is 0 Å². The number of rotatable bonds is 6. The number of carbonyl (C=O) groups is 2. The Morgan fingerprint density at radius 2 is 1.79 bits per heavy atom. The molecule has 0 atom stereocenters. The fourth-order valence-electron chi connectivity index (χ4n) is 2.45. The minimum Gasteiger partial charge on any atom is -0.451 e. The maximum absolute atomic E-state index is 12.3. The highest BCUT2D eigenvalue weighted by atomic mass is 35.5. The number of furan rings is 1. The third-order valence-electron chi connectivity index (χ3n) is 3.81. The first kappa shape index (κ1) is 19.6. The molecule has 144 valence electrons. The van der Waals surface area contributed by atoms with Crippen molar-refractivity contribution in [2.24, 2.45) is 0 Å². The van der Waals surface area contributed by atoms with Crippen LogP contribution in [0.3, 0.4) is 0 Å². The van der Waals surface area contributed by atoms with Gasteiger partial charge in [-0.25, -0.2) is 0 Å². The summed E-state index contributed by atoms with van der Waals surface area (Å²) in [5, 5.41) is 2.50. The summed E-state index contributed by atoms with van der Waals surface area (Å²) < 4.78 is 34.3. The molecule has 1 aromatic heterocycles. The minimum absolute atomic E-state index is 0.0466. The molecular weight excluding hydrogens is 392 g/mol. The van der Waals surface area contributed by atoms with Gasteiger partial charge in [0.25, 0.3) is 5.91 Å². The van der Waals surface area contributed by atoms with Crippen LogP contribution in [0.2, 0.25) is 5.02 Å². The van der Waals surface area contributed by atoms with Crippen LogP contribution in [0.15, 0.2) is 59.0 Å². The second-order valence-corrected chi connectivity index (χ2v) is 6.18. The van der Waals surface area contributed by atoms with E-state index in [0.29, 0.717) is 22.6 Å². The lowest BCUT2D eigenvalue weighted by atomic mass is 10.1. The molecule has 2 aromatic carbocycles. The van der Waals surface area contributed by atoms with Crippen LogP contribution in [0.5, 0.6) is 5.75 Å². The fourth-order valence-corrected chi connectivity index (χ4v) is 2.67. The van der Waals surface area contributed by atoms with Crippen LogP contribution in [0, 0.1) is 0 Å². The molecule has 0 saturated carbocycles. The smallest absolute Gasteiger partial charge is 0.387 e. The van der Waals surface area contributed by atoms with Crippen molar-refractivity contribution in [3.8, 4) is 17.1 Å². The molecule has 3 aromatic rings. The maximum atomic E-state index is 12.3. The van der Waals surface area contributed by atoms with Gasteiger partial charge >= 0.3 is 6.61 Å². The van der Waals surface area contributed by atoms with Crippen molar-refractivity contribution in [1.29, 1.82) is 0 Å². The van der Waals surface area contributed by atoms with E-state index in [9.17, 15) is 18.4 Å². The Hall–Kier alpha value is -3.19. The van der Waals surface area contributed by atoms with Crippen LogP contribution in [-0.4, -0.2) is 18.3 Å². The Morgan fingerprint density at radius 3 is 2.39 bits per heavy atom. The fraction of sp³-hybridized carbons (Fsp3) is 0.100. The normalized spacial score (nSPS) is 10.8. The summed E-state index contributed by atoms with van der Waals surface area (Å²) >= 11 is 5.87. The Labute approximate surface area is 163 Å². The molecule has 1 heterocycles. The maximum Gasteiger partial charge on any atom is 0.387 e. The highest BCUT2D eigenvalue weighted by Crippen LogP contribution is 2.29. The molecular formula is C20H14ClF2NO4. The molecule has 1 N–H and O–H groups in total. The molecule has 0 spiro atoms. The molecule has 0 fully saturated rings. The van der Waals surface area contributed by atoms with Gasteiger partial charge in [-0.05, 0) is 37.3 Å². The monoisotopic (exact) mass is 405 g/mol. The zero-order chi connectivity index (χ0) is 20.3. The van der Waals surface area contributed by atoms with Crippen molar-refractivity contribution in [1.82, 2.24) is 0 Å². The van der Waals surface area contributed by atoms with E-state index in [4.69, 9.17) is 16.0 Å². The number of ketones is 1. The summed E-state index contributed by atoms with van der Waals surface area (Å²) in [6.45, 7) is -1.52. The Kier molecular flexibility index (Phi) is 5.75. The molecule has 0 radical (unpaired) electrons. The van der Waals surface area contributed by atoms with Gasteiger partial charge in [-0.15, -0.1) is 0 Å². The van der Waals surface area contributed by atoms with Crippen molar-refractivity contribution in [2.75, 3.05) is 5.32 Å². The molecule has 1 amide bonds.